The van der Waals surface area contributed by atoms with Gasteiger partial charge in [0, 0.05) is 15.8 Å². The summed E-state index contributed by atoms with van der Waals surface area (Å²) in [5.74, 6) is 0.202. The second-order valence-electron chi connectivity index (χ2n) is 4.57. The molecule has 0 fully saturated rings. The molecule has 0 aliphatic carbocycles. The van der Waals surface area contributed by atoms with Crippen molar-refractivity contribution in [2.75, 3.05) is 17.7 Å². The first-order valence-electron chi connectivity index (χ1n) is 6.61. The van der Waals surface area contributed by atoms with Crippen LogP contribution >= 0.6 is 15.9 Å². The molecule has 2 rings (SSSR count). The van der Waals surface area contributed by atoms with Crippen molar-refractivity contribution in [2.24, 2.45) is 0 Å². The van der Waals surface area contributed by atoms with Gasteiger partial charge in [-0.25, -0.2) is 0 Å². The first-order chi connectivity index (χ1) is 10.0. The summed E-state index contributed by atoms with van der Waals surface area (Å²) in [6.45, 7) is 4.32. The summed E-state index contributed by atoms with van der Waals surface area (Å²) in [7, 11) is 0. The summed E-state index contributed by atoms with van der Waals surface area (Å²) in [5.41, 5.74) is 8.46. The van der Waals surface area contributed by atoms with Crippen molar-refractivity contribution in [1.29, 1.82) is 0 Å². The fourth-order valence-electron chi connectivity index (χ4n) is 1.93. The number of aryl methyl sites for hydroxylation is 1. The molecule has 0 heterocycles. The molecule has 1 amide bonds. The molecule has 5 heteroatoms. The SMILES string of the molecule is CCOc1cccc(N)c1C(=O)Nc1ccc(C)c(Br)c1. The van der Waals surface area contributed by atoms with Crippen molar-refractivity contribution in [1.82, 2.24) is 0 Å². The molecule has 0 atom stereocenters. The highest BCUT2D eigenvalue weighted by Crippen LogP contribution is 2.27. The van der Waals surface area contributed by atoms with Crippen LogP contribution in [0.1, 0.15) is 22.8 Å². The number of nitrogens with one attached hydrogen (secondary N) is 1. The zero-order chi connectivity index (χ0) is 15.4. The van der Waals surface area contributed by atoms with Crippen molar-refractivity contribution in [3.63, 3.8) is 0 Å². The monoisotopic (exact) mass is 348 g/mol. The standard InChI is InChI=1S/C16H17BrN2O2/c1-3-21-14-6-4-5-13(18)15(14)16(20)19-11-8-7-10(2)12(17)9-11/h4-9H,3,18H2,1-2H3,(H,19,20). The van der Waals surface area contributed by atoms with E-state index in [0.29, 0.717) is 29.3 Å². The summed E-state index contributed by atoms with van der Waals surface area (Å²) in [6, 6.07) is 10.8. The van der Waals surface area contributed by atoms with E-state index in [0.717, 1.165) is 10.0 Å². The van der Waals surface area contributed by atoms with Crippen LogP contribution in [-0.2, 0) is 0 Å². The summed E-state index contributed by atoms with van der Waals surface area (Å²) in [6.07, 6.45) is 0. The van der Waals surface area contributed by atoms with Gasteiger partial charge in [0.1, 0.15) is 11.3 Å². The minimum absolute atomic E-state index is 0.285. The van der Waals surface area contributed by atoms with Crippen molar-refractivity contribution in [3.05, 3.63) is 52.0 Å². The van der Waals surface area contributed by atoms with E-state index in [1.54, 1.807) is 18.2 Å². The molecule has 4 nitrogen and oxygen atoms in total. The van der Waals surface area contributed by atoms with Crippen molar-refractivity contribution in [3.8, 4) is 5.75 Å². The summed E-state index contributed by atoms with van der Waals surface area (Å²) < 4.78 is 6.41. The van der Waals surface area contributed by atoms with E-state index in [1.807, 2.05) is 32.0 Å². The molecule has 3 N–H and O–H groups in total. The van der Waals surface area contributed by atoms with Crippen LogP contribution in [-0.4, -0.2) is 12.5 Å². The third-order valence-corrected chi connectivity index (χ3v) is 3.87. The number of ether oxygens (including phenoxy) is 1. The molecule has 110 valence electrons. The maximum absolute atomic E-state index is 12.4. The van der Waals surface area contributed by atoms with Crippen LogP contribution in [0.25, 0.3) is 0 Å². The molecule has 0 unspecified atom stereocenters. The van der Waals surface area contributed by atoms with Gasteiger partial charge in [-0.1, -0.05) is 28.1 Å². The van der Waals surface area contributed by atoms with Crippen LogP contribution < -0.4 is 15.8 Å². The number of nitrogen functional groups attached to an aromatic ring is 1. The third kappa shape index (κ3) is 3.55. The van der Waals surface area contributed by atoms with Crippen LogP contribution in [0.3, 0.4) is 0 Å². The molecule has 0 aliphatic heterocycles. The van der Waals surface area contributed by atoms with Crippen molar-refractivity contribution >= 4 is 33.2 Å². The van der Waals surface area contributed by atoms with Gasteiger partial charge in [-0.15, -0.1) is 0 Å². The van der Waals surface area contributed by atoms with Gasteiger partial charge in [0.2, 0.25) is 0 Å². The lowest BCUT2D eigenvalue weighted by molar-refractivity contribution is 0.102. The number of carbonyl (C=O) groups is 1. The molecule has 0 saturated heterocycles. The average Bonchev–Trinajstić information content (AvgIpc) is 2.43. The van der Waals surface area contributed by atoms with Crippen molar-refractivity contribution in [2.45, 2.75) is 13.8 Å². The van der Waals surface area contributed by atoms with Crippen LogP contribution in [0.2, 0.25) is 0 Å². The maximum atomic E-state index is 12.4. The number of carbonyl (C=O) groups excluding carboxylic acids is 1. The third-order valence-electron chi connectivity index (χ3n) is 3.02. The van der Waals surface area contributed by atoms with Crippen molar-refractivity contribution < 1.29 is 9.53 Å². The van der Waals surface area contributed by atoms with Gasteiger partial charge in [-0.3, -0.25) is 4.79 Å². The Morgan fingerprint density at radius 3 is 2.76 bits per heavy atom. The highest BCUT2D eigenvalue weighted by atomic mass is 79.9. The van der Waals surface area contributed by atoms with Gasteiger partial charge < -0.3 is 15.8 Å². The minimum Gasteiger partial charge on any atom is -0.493 e. The Balaban J connectivity index is 2.29. The summed E-state index contributed by atoms with van der Waals surface area (Å²) in [5, 5.41) is 2.84. The molecule has 0 spiro atoms. The Hall–Kier alpha value is -2.01. The number of halogens is 1. The number of amides is 1. The predicted molar refractivity (Wildman–Crippen MR) is 88.9 cm³/mol. The Bertz CT molecular complexity index is 671. The number of rotatable bonds is 4. The van der Waals surface area contributed by atoms with Crippen LogP contribution in [0, 0.1) is 6.92 Å². The Morgan fingerprint density at radius 1 is 1.33 bits per heavy atom. The van der Waals surface area contributed by atoms with Crippen LogP contribution in [0.4, 0.5) is 11.4 Å². The lowest BCUT2D eigenvalue weighted by Gasteiger charge is -2.13. The Labute approximate surface area is 132 Å². The number of nitrogens with two attached hydrogens (primary N) is 1. The lowest BCUT2D eigenvalue weighted by atomic mass is 10.1. The van der Waals surface area contributed by atoms with Gasteiger partial charge in [0.15, 0.2) is 0 Å². The molecule has 0 aromatic heterocycles. The predicted octanol–water partition coefficient (Wildman–Crippen LogP) is 3.99. The number of hydrogen-bond donors (Lipinski definition) is 2. The zero-order valence-corrected chi connectivity index (χ0v) is 13.5. The molecule has 2 aromatic carbocycles. The Kier molecular flexibility index (Phi) is 4.85. The zero-order valence-electron chi connectivity index (χ0n) is 11.9. The fourth-order valence-corrected chi connectivity index (χ4v) is 2.31. The smallest absolute Gasteiger partial charge is 0.261 e. The van der Waals surface area contributed by atoms with Gasteiger partial charge in [-0.05, 0) is 43.7 Å². The topological polar surface area (TPSA) is 64.3 Å². The quantitative estimate of drug-likeness (QED) is 0.821. The fraction of sp³-hybridized carbons (Fsp3) is 0.188. The first kappa shape index (κ1) is 15.4. The summed E-state index contributed by atoms with van der Waals surface area (Å²) >= 11 is 3.45. The molecular weight excluding hydrogens is 332 g/mol. The number of hydrogen-bond acceptors (Lipinski definition) is 3. The largest absolute Gasteiger partial charge is 0.493 e. The highest BCUT2D eigenvalue weighted by molar-refractivity contribution is 9.10. The van der Waals surface area contributed by atoms with E-state index in [2.05, 4.69) is 21.2 Å². The molecule has 0 bridgehead atoms. The molecular formula is C16H17BrN2O2. The molecule has 0 saturated carbocycles. The van der Waals surface area contributed by atoms with E-state index in [1.165, 1.54) is 0 Å². The van der Waals surface area contributed by atoms with Gasteiger partial charge in [-0.2, -0.15) is 0 Å². The highest BCUT2D eigenvalue weighted by Gasteiger charge is 2.16. The lowest BCUT2D eigenvalue weighted by Crippen LogP contribution is -2.16. The second kappa shape index (κ2) is 6.63. The van der Waals surface area contributed by atoms with Gasteiger partial charge in [0.05, 0.1) is 6.61 Å². The molecule has 21 heavy (non-hydrogen) atoms. The molecule has 0 aliphatic rings. The number of benzene rings is 2. The second-order valence-corrected chi connectivity index (χ2v) is 5.43. The van der Waals surface area contributed by atoms with Gasteiger partial charge >= 0.3 is 0 Å². The van der Waals surface area contributed by atoms with Crippen LogP contribution in [0.15, 0.2) is 40.9 Å². The van der Waals surface area contributed by atoms with E-state index < -0.39 is 0 Å². The van der Waals surface area contributed by atoms with E-state index in [-0.39, 0.29) is 5.91 Å². The maximum Gasteiger partial charge on any atom is 0.261 e. The first-order valence-corrected chi connectivity index (χ1v) is 7.41. The number of anilines is 2. The average molecular weight is 349 g/mol. The molecule has 0 radical (unpaired) electrons. The van der Waals surface area contributed by atoms with Crippen LogP contribution in [0.5, 0.6) is 5.75 Å². The van der Waals surface area contributed by atoms with E-state index in [9.17, 15) is 4.79 Å². The van der Waals surface area contributed by atoms with E-state index >= 15 is 0 Å². The van der Waals surface area contributed by atoms with E-state index in [4.69, 9.17) is 10.5 Å². The minimum atomic E-state index is -0.285. The van der Waals surface area contributed by atoms with Gasteiger partial charge in [0.25, 0.3) is 5.91 Å². The Morgan fingerprint density at radius 2 is 2.10 bits per heavy atom. The summed E-state index contributed by atoms with van der Waals surface area (Å²) in [4.78, 5) is 12.4. The normalized spacial score (nSPS) is 10.2. The molecule has 2 aromatic rings.